The van der Waals surface area contributed by atoms with Crippen LogP contribution in [0, 0.1) is 6.92 Å². The zero-order chi connectivity index (χ0) is 13.9. The molecule has 4 heteroatoms. The van der Waals surface area contributed by atoms with Crippen LogP contribution in [0.4, 0.5) is 0 Å². The van der Waals surface area contributed by atoms with Gasteiger partial charge in [0.25, 0.3) is 0 Å². The standard InChI is InChI=1S/C15H23N3O/c1-3-15(16,11-19)9-6-10-18-12(2)17-13-7-4-5-8-14(13)18/h4-5,7-8,19H,3,6,9-11,16H2,1-2H3. The van der Waals surface area contributed by atoms with Crippen molar-refractivity contribution in [1.82, 2.24) is 9.55 Å². The number of hydrogen-bond donors (Lipinski definition) is 2. The van der Waals surface area contributed by atoms with Gasteiger partial charge in [0.15, 0.2) is 0 Å². The lowest BCUT2D eigenvalue weighted by Gasteiger charge is -2.25. The van der Waals surface area contributed by atoms with Crippen LogP contribution in [0.2, 0.25) is 0 Å². The van der Waals surface area contributed by atoms with Gasteiger partial charge in [-0.3, -0.25) is 0 Å². The van der Waals surface area contributed by atoms with Gasteiger partial charge in [0.05, 0.1) is 17.6 Å². The third-order valence-electron chi connectivity index (χ3n) is 3.92. The van der Waals surface area contributed by atoms with Crippen LogP contribution in [0.15, 0.2) is 24.3 Å². The summed E-state index contributed by atoms with van der Waals surface area (Å²) in [6, 6.07) is 8.17. The molecule has 1 aromatic carbocycles. The van der Waals surface area contributed by atoms with E-state index in [4.69, 9.17) is 5.73 Å². The Balaban J connectivity index is 2.08. The summed E-state index contributed by atoms with van der Waals surface area (Å²) in [6.07, 6.45) is 2.57. The van der Waals surface area contributed by atoms with E-state index in [9.17, 15) is 5.11 Å². The fraction of sp³-hybridized carbons (Fsp3) is 0.533. The molecule has 0 spiro atoms. The van der Waals surface area contributed by atoms with Crippen molar-refractivity contribution in [1.29, 1.82) is 0 Å². The molecule has 0 radical (unpaired) electrons. The number of aliphatic hydroxyl groups excluding tert-OH is 1. The lowest BCUT2D eigenvalue weighted by atomic mass is 9.93. The SMILES string of the molecule is CCC(N)(CO)CCCn1c(C)nc2ccccc21. The first kappa shape index (κ1) is 14.0. The van der Waals surface area contributed by atoms with E-state index in [0.29, 0.717) is 0 Å². The number of nitrogens with zero attached hydrogens (tertiary/aromatic N) is 2. The molecule has 0 saturated heterocycles. The molecule has 2 aromatic rings. The Morgan fingerprint density at radius 1 is 1.37 bits per heavy atom. The van der Waals surface area contributed by atoms with Crippen molar-refractivity contribution in [2.45, 2.75) is 45.2 Å². The second-order valence-corrected chi connectivity index (χ2v) is 5.28. The molecular formula is C15H23N3O. The van der Waals surface area contributed by atoms with E-state index in [1.165, 1.54) is 5.52 Å². The van der Waals surface area contributed by atoms with Gasteiger partial charge in [-0.05, 0) is 38.3 Å². The highest BCUT2D eigenvalue weighted by Gasteiger charge is 2.21. The Morgan fingerprint density at radius 3 is 2.79 bits per heavy atom. The number of benzene rings is 1. The molecular weight excluding hydrogens is 238 g/mol. The minimum absolute atomic E-state index is 0.0488. The largest absolute Gasteiger partial charge is 0.394 e. The monoisotopic (exact) mass is 261 g/mol. The predicted octanol–water partition coefficient (Wildman–Crippen LogP) is 2.22. The molecule has 0 amide bonds. The van der Waals surface area contributed by atoms with Gasteiger partial charge >= 0.3 is 0 Å². The Hall–Kier alpha value is -1.39. The van der Waals surface area contributed by atoms with Crippen LogP contribution in [0.3, 0.4) is 0 Å². The summed E-state index contributed by atoms with van der Waals surface area (Å²) in [7, 11) is 0. The summed E-state index contributed by atoms with van der Waals surface area (Å²) in [5, 5.41) is 9.32. The second-order valence-electron chi connectivity index (χ2n) is 5.28. The maximum absolute atomic E-state index is 9.32. The van der Waals surface area contributed by atoms with E-state index in [-0.39, 0.29) is 6.61 Å². The molecule has 0 aliphatic carbocycles. The summed E-state index contributed by atoms with van der Waals surface area (Å²) in [5.74, 6) is 1.03. The van der Waals surface area contributed by atoms with Gasteiger partial charge in [0.2, 0.25) is 0 Å². The zero-order valence-corrected chi connectivity index (χ0v) is 11.8. The summed E-state index contributed by atoms with van der Waals surface area (Å²) in [4.78, 5) is 4.55. The van der Waals surface area contributed by atoms with E-state index < -0.39 is 5.54 Å². The summed E-state index contributed by atoms with van der Waals surface area (Å²) < 4.78 is 2.22. The van der Waals surface area contributed by atoms with Gasteiger partial charge in [0.1, 0.15) is 5.82 Å². The van der Waals surface area contributed by atoms with E-state index in [2.05, 4.69) is 15.6 Å². The number of nitrogens with two attached hydrogens (primary N) is 1. The Labute approximate surface area is 114 Å². The van der Waals surface area contributed by atoms with Gasteiger partial charge < -0.3 is 15.4 Å². The molecule has 3 N–H and O–H groups in total. The molecule has 0 aliphatic rings. The molecule has 104 valence electrons. The molecule has 1 unspecified atom stereocenters. The van der Waals surface area contributed by atoms with Crippen LogP contribution in [-0.4, -0.2) is 26.8 Å². The number of aliphatic hydroxyl groups is 1. The van der Waals surface area contributed by atoms with Crippen molar-refractivity contribution in [3.8, 4) is 0 Å². The lowest BCUT2D eigenvalue weighted by molar-refractivity contribution is 0.179. The molecule has 0 fully saturated rings. The summed E-state index contributed by atoms with van der Waals surface area (Å²) in [6.45, 7) is 4.99. The van der Waals surface area contributed by atoms with Crippen molar-refractivity contribution >= 4 is 11.0 Å². The van der Waals surface area contributed by atoms with Crippen molar-refractivity contribution in [3.05, 3.63) is 30.1 Å². The first-order chi connectivity index (χ1) is 9.09. The highest BCUT2D eigenvalue weighted by atomic mass is 16.3. The Bertz CT molecular complexity index is 543. The van der Waals surface area contributed by atoms with Crippen LogP contribution < -0.4 is 5.73 Å². The molecule has 1 atom stereocenters. The van der Waals surface area contributed by atoms with E-state index in [0.717, 1.165) is 37.1 Å². The number of rotatable bonds is 6. The van der Waals surface area contributed by atoms with Crippen LogP contribution in [0.5, 0.6) is 0 Å². The number of para-hydroxylation sites is 2. The Morgan fingerprint density at radius 2 is 2.11 bits per heavy atom. The molecule has 0 aliphatic heterocycles. The highest BCUT2D eigenvalue weighted by molar-refractivity contribution is 5.75. The van der Waals surface area contributed by atoms with Crippen molar-refractivity contribution in [3.63, 3.8) is 0 Å². The number of hydrogen-bond acceptors (Lipinski definition) is 3. The first-order valence-corrected chi connectivity index (χ1v) is 6.91. The zero-order valence-electron chi connectivity index (χ0n) is 11.8. The highest BCUT2D eigenvalue weighted by Crippen LogP contribution is 2.19. The molecule has 19 heavy (non-hydrogen) atoms. The molecule has 0 saturated carbocycles. The van der Waals surface area contributed by atoms with Gasteiger partial charge in [-0.1, -0.05) is 19.1 Å². The first-order valence-electron chi connectivity index (χ1n) is 6.91. The lowest BCUT2D eigenvalue weighted by Crippen LogP contribution is -2.43. The van der Waals surface area contributed by atoms with Crippen LogP contribution in [0.25, 0.3) is 11.0 Å². The minimum atomic E-state index is -0.440. The van der Waals surface area contributed by atoms with Gasteiger partial charge in [-0.25, -0.2) is 4.98 Å². The molecule has 1 aromatic heterocycles. The van der Waals surface area contributed by atoms with Crippen LogP contribution in [-0.2, 0) is 6.54 Å². The smallest absolute Gasteiger partial charge is 0.106 e. The third-order valence-corrected chi connectivity index (χ3v) is 3.92. The fourth-order valence-electron chi connectivity index (χ4n) is 2.44. The average Bonchev–Trinajstić information content (AvgIpc) is 2.75. The maximum Gasteiger partial charge on any atom is 0.106 e. The van der Waals surface area contributed by atoms with E-state index in [1.807, 2.05) is 32.0 Å². The Kier molecular flexibility index (Phi) is 4.22. The average molecular weight is 261 g/mol. The maximum atomic E-state index is 9.32. The minimum Gasteiger partial charge on any atom is -0.394 e. The molecule has 2 rings (SSSR count). The number of imidazole rings is 1. The summed E-state index contributed by atoms with van der Waals surface area (Å²) >= 11 is 0. The van der Waals surface area contributed by atoms with Crippen molar-refractivity contribution < 1.29 is 5.11 Å². The third kappa shape index (κ3) is 2.96. The number of fused-ring (bicyclic) bond motifs is 1. The van der Waals surface area contributed by atoms with Gasteiger partial charge in [-0.15, -0.1) is 0 Å². The molecule has 0 bridgehead atoms. The number of aromatic nitrogens is 2. The van der Waals surface area contributed by atoms with E-state index >= 15 is 0 Å². The van der Waals surface area contributed by atoms with Crippen molar-refractivity contribution in [2.24, 2.45) is 5.73 Å². The van der Waals surface area contributed by atoms with Gasteiger partial charge in [0, 0.05) is 12.1 Å². The molecule has 1 heterocycles. The molecule has 4 nitrogen and oxygen atoms in total. The van der Waals surface area contributed by atoms with E-state index in [1.54, 1.807) is 0 Å². The predicted molar refractivity (Wildman–Crippen MR) is 78.0 cm³/mol. The van der Waals surface area contributed by atoms with Crippen molar-refractivity contribution in [2.75, 3.05) is 6.61 Å². The van der Waals surface area contributed by atoms with Crippen LogP contribution >= 0.6 is 0 Å². The normalized spacial score (nSPS) is 14.7. The number of aryl methyl sites for hydroxylation is 2. The van der Waals surface area contributed by atoms with Gasteiger partial charge in [-0.2, -0.15) is 0 Å². The summed E-state index contributed by atoms with van der Waals surface area (Å²) in [5.41, 5.74) is 7.88. The fourth-order valence-corrected chi connectivity index (χ4v) is 2.44. The van der Waals surface area contributed by atoms with Crippen LogP contribution in [0.1, 0.15) is 32.0 Å². The quantitative estimate of drug-likeness (QED) is 0.838. The second kappa shape index (κ2) is 5.72. The topological polar surface area (TPSA) is 64.1 Å².